The van der Waals surface area contributed by atoms with E-state index in [1.165, 1.54) is 18.4 Å². The van der Waals surface area contributed by atoms with Crippen molar-refractivity contribution in [2.75, 3.05) is 25.6 Å². The molecule has 0 spiro atoms. The van der Waals surface area contributed by atoms with Gasteiger partial charge in [0.15, 0.2) is 11.3 Å². The van der Waals surface area contributed by atoms with E-state index in [2.05, 4.69) is 0 Å². The van der Waals surface area contributed by atoms with Crippen molar-refractivity contribution < 1.29 is 34.3 Å². The van der Waals surface area contributed by atoms with Crippen molar-refractivity contribution in [1.82, 2.24) is 0 Å². The number of aromatic hydroxyl groups is 1. The lowest BCUT2D eigenvalue weighted by Gasteiger charge is -2.18. The Morgan fingerprint density at radius 1 is 1.06 bits per heavy atom. The third-order valence-corrected chi connectivity index (χ3v) is 5.31. The third-order valence-electron chi connectivity index (χ3n) is 5.31. The maximum atomic E-state index is 13.0. The molecule has 2 heterocycles. The Hall–Kier alpha value is -3.11. The van der Waals surface area contributed by atoms with Crippen LogP contribution in [0, 0.1) is 0 Å². The number of rotatable bonds is 5. The number of anilines is 1. The van der Waals surface area contributed by atoms with Crippen LogP contribution in [0.4, 0.5) is 5.69 Å². The first-order valence-electron chi connectivity index (χ1n) is 9.66. The van der Waals surface area contributed by atoms with E-state index in [1.54, 1.807) is 0 Å². The molecule has 2 aromatic carbocycles. The number of phenols is 1. The summed E-state index contributed by atoms with van der Waals surface area (Å²) in [6, 6.07) is 10.2. The number of nitrogens with zero attached hydrogens (tertiary/aromatic N) is 1. The van der Waals surface area contributed by atoms with Crippen LogP contribution in [-0.4, -0.2) is 65.7 Å². The minimum Gasteiger partial charge on any atom is -0.502 e. The maximum absolute atomic E-state index is 13.0. The maximum Gasteiger partial charge on any atom is 0.229 e. The van der Waals surface area contributed by atoms with E-state index in [1.807, 2.05) is 43.3 Å². The summed E-state index contributed by atoms with van der Waals surface area (Å²) in [5, 5.41) is 39.7. The summed E-state index contributed by atoms with van der Waals surface area (Å²) in [4.78, 5) is 14.9. The Balaban J connectivity index is 1.66. The van der Waals surface area contributed by atoms with Gasteiger partial charge in [0.2, 0.25) is 17.5 Å². The summed E-state index contributed by atoms with van der Waals surface area (Å²) in [6.07, 6.45) is -3.81. The van der Waals surface area contributed by atoms with E-state index < -0.39 is 37.0 Å². The van der Waals surface area contributed by atoms with Crippen molar-refractivity contribution in [3.05, 3.63) is 52.9 Å². The number of aliphatic hydroxyl groups excluding tert-OH is 3. The van der Waals surface area contributed by atoms with Gasteiger partial charge in [-0.3, -0.25) is 4.79 Å². The molecule has 9 heteroatoms. The molecule has 0 saturated carbocycles. The van der Waals surface area contributed by atoms with Crippen LogP contribution in [-0.2, 0) is 4.74 Å². The number of benzene rings is 2. The zero-order chi connectivity index (χ0) is 22.3. The van der Waals surface area contributed by atoms with Crippen molar-refractivity contribution in [2.24, 2.45) is 0 Å². The van der Waals surface area contributed by atoms with Gasteiger partial charge in [-0.05, 0) is 29.8 Å². The van der Waals surface area contributed by atoms with Gasteiger partial charge >= 0.3 is 0 Å². The molecule has 0 amide bonds. The first-order valence-corrected chi connectivity index (χ1v) is 9.66. The highest BCUT2D eigenvalue weighted by Gasteiger charge is 2.44. The molecule has 1 fully saturated rings. The van der Waals surface area contributed by atoms with Gasteiger partial charge in [0.25, 0.3) is 0 Å². The second-order valence-corrected chi connectivity index (χ2v) is 7.53. The van der Waals surface area contributed by atoms with Gasteiger partial charge in [-0.15, -0.1) is 0 Å². The SMILES string of the molecule is CN(C)c1ccc(-c2coc3c(O)c(O[C@H]4O[C@H](CO)[C@@H](O)[C@@H]4O)ccc3c2=O)cc1. The van der Waals surface area contributed by atoms with Gasteiger partial charge in [0, 0.05) is 19.8 Å². The van der Waals surface area contributed by atoms with Crippen molar-refractivity contribution in [2.45, 2.75) is 24.6 Å². The van der Waals surface area contributed by atoms with E-state index in [4.69, 9.17) is 13.9 Å². The molecule has 1 aliphatic heterocycles. The number of aliphatic hydroxyl groups is 3. The second-order valence-electron chi connectivity index (χ2n) is 7.53. The van der Waals surface area contributed by atoms with Crippen LogP contribution in [0.15, 0.2) is 51.9 Å². The Morgan fingerprint density at radius 3 is 2.39 bits per heavy atom. The molecule has 0 aliphatic carbocycles. The Kier molecular flexibility index (Phi) is 5.59. The molecule has 164 valence electrons. The summed E-state index contributed by atoms with van der Waals surface area (Å²) in [6.45, 7) is -0.505. The lowest BCUT2D eigenvalue weighted by Crippen LogP contribution is -2.35. The number of phenolic OH excluding ortho intramolecular Hbond substituents is 1. The highest BCUT2D eigenvalue weighted by Crippen LogP contribution is 2.36. The Bertz CT molecular complexity index is 1140. The van der Waals surface area contributed by atoms with Gasteiger partial charge in [-0.25, -0.2) is 0 Å². The molecule has 0 unspecified atom stereocenters. The fourth-order valence-electron chi connectivity index (χ4n) is 3.49. The molecule has 1 aliphatic rings. The monoisotopic (exact) mass is 429 g/mol. The quantitative estimate of drug-likeness (QED) is 0.470. The normalized spacial score (nSPS) is 23.3. The minimum absolute atomic E-state index is 0.0806. The molecule has 3 aromatic rings. The van der Waals surface area contributed by atoms with Crippen molar-refractivity contribution in [1.29, 1.82) is 0 Å². The minimum atomic E-state index is -1.42. The Labute approximate surface area is 177 Å². The molecule has 4 atom stereocenters. The fraction of sp³-hybridized carbons (Fsp3) is 0.318. The van der Waals surface area contributed by atoms with Crippen molar-refractivity contribution in [3.8, 4) is 22.6 Å². The van der Waals surface area contributed by atoms with E-state index in [-0.39, 0.29) is 22.1 Å². The molecular formula is C22H23NO8. The highest BCUT2D eigenvalue weighted by atomic mass is 16.7. The van der Waals surface area contributed by atoms with E-state index in [9.17, 15) is 25.2 Å². The average Bonchev–Trinajstić information content (AvgIpc) is 3.04. The topological polar surface area (TPSA) is 133 Å². The molecule has 0 radical (unpaired) electrons. The van der Waals surface area contributed by atoms with Crippen LogP contribution in [0.1, 0.15) is 0 Å². The van der Waals surface area contributed by atoms with E-state index in [0.717, 1.165) is 5.69 Å². The molecule has 4 rings (SSSR count). The van der Waals surface area contributed by atoms with Gasteiger partial charge in [0.1, 0.15) is 24.6 Å². The molecule has 1 aromatic heterocycles. The number of ether oxygens (including phenoxy) is 2. The predicted octanol–water partition coefficient (Wildman–Crippen LogP) is 1.05. The zero-order valence-electron chi connectivity index (χ0n) is 16.9. The first-order chi connectivity index (χ1) is 14.8. The highest BCUT2D eigenvalue weighted by molar-refractivity contribution is 5.88. The van der Waals surface area contributed by atoms with Crippen LogP contribution in [0.25, 0.3) is 22.1 Å². The summed E-state index contributed by atoms with van der Waals surface area (Å²) in [5.41, 5.74) is 1.59. The lowest BCUT2D eigenvalue weighted by atomic mass is 10.0. The van der Waals surface area contributed by atoms with Crippen LogP contribution in [0.3, 0.4) is 0 Å². The molecular weight excluding hydrogens is 406 g/mol. The standard InChI is InChI=1S/C22H23NO8/c1-23(2)12-5-3-11(4-6-12)14-10-29-21-13(17(14)25)7-8-15(19(21)27)30-22-20(28)18(26)16(9-24)31-22/h3-8,10,16,18,20,22,24,26-28H,9H2,1-2H3/t16-,18-,20+,22+/m1/s1. The molecule has 9 nitrogen and oxygen atoms in total. The van der Waals surface area contributed by atoms with Crippen LogP contribution >= 0.6 is 0 Å². The van der Waals surface area contributed by atoms with Gasteiger partial charge in [-0.1, -0.05) is 12.1 Å². The van der Waals surface area contributed by atoms with Gasteiger partial charge in [0.05, 0.1) is 17.6 Å². The molecule has 1 saturated heterocycles. The van der Waals surface area contributed by atoms with Crippen molar-refractivity contribution >= 4 is 16.7 Å². The molecule has 31 heavy (non-hydrogen) atoms. The summed E-state index contributed by atoms with van der Waals surface area (Å²) < 4.78 is 16.3. The average molecular weight is 429 g/mol. The zero-order valence-corrected chi connectivity index (χ0v) is 16.9. The number of hydrogen-bond acceptors (Lipinski definition) is 9. The second kappa shape index (κ2) is 8.20. The summed E-state index contributed by atoms with van der Waals surface area (Å²) in [7, 11) is 3.84. The first kappa shape index (κ1) is 21.1. The largest absolute Gasteiger partial charge is 0.502 e. The molecule has 4 N–H and O–H groups in total. The summed E-state index contributed by atoms with van der Waals surface area (Å²) >= 11 is 0. The Morgan fingerprint density at radius 2 is 1.77 bits per heavy atom. The van der Waals surface area contributed by atoms with Crippen molar-refractivity contribution in [3.63, 3.8) is 0 Å². The number of fused-ring (bicyclic) bond motifs is 1. The lowest BCUT2D eigenvalue weighted by molar-refractivity contribution is -0.117. The third kappa shape index (κ3) is 3.72. The number of hydrogen-bond donors (Lipinski definition) is 4. The van der Waals surface area contributed by atoms with Gasteiger partial charge < -0.3 is 39.2 Å². The van der Waals surface area contributed by atoms with Gasteiger partial charge in [-0.2, -0.15) is 0 Å². The predicted molar refractivity (Wildman–Crippen MR) is 112 cm³/mol. The smallest absolute Gasteiger partial charge is 0.229 e. The van der Waals surface area contributed by atoms with E-state index in [0.29, 0.717) is 11.1 Å². The van der Waals surface area contributed by atoms with Crippen LogP contribution in [0.5, 0.6) is 11.5 Å². The van der Waals surface area contributed by atoms with E-state index >= 15 is 0 Å². The van der Waals surface area contributed by atoms with Crippen LogP contribution in [0.2, 0.25) is 0 Å². The fourth-order valence-corrected chi connectivity index (χ4v) is 3.49. The molecule has 0 bridgehead atoms. The van der Waals surface area contributed by atoms with Crippen LogP contribution < -0.4 is 15.1 Å². The summed E-state index contributed by atoms with van der Waals surface area (Å²) in [5.74, 6) is -0.546.